The number of benzene rings is 1. The summed E-state index contributed by atoms with van der Waals surface area (Å²) in [6.07, 6.45) is 1.80. The molecule has 0 unspecified atom stereocenters. The van der Waals surface area contributed by atoms with E-state index in [1.54, 1.807) is 18.2 Å². The predicted molar refractivity (Wildman–Crippen MR) is 65.9 cm³/mol. The summed E-state index contributed by atoms with van der Waals surface area (Å²) < 4.78 is 31.9. The molecule has 0 amide bonds. The Bertz CT molecular complexity index is 511. The molecule has 6 heteroatoms. The Labute approximate surface area is 106 Å². The van der Waals surface area contributed by atoms with Crippen LogP contribution in [-0.2, 0) is 15.9 Å². The molecule has 0 aliphatic heterocycles. The minimum absolute atomic E-state index is 0.0735. The van der Waals surface area contributed by atoms with Crippen molar-refractivity contribution in [2.75, 3.05) is 7.11 Å². The molecule has 0 saturated heterocycles. The van der Waals surface area contributed by atoms with E-state index < -0.39 is 10.0 Å². The average molecular weight is 276 g/mol. The number of halogens is 1. The van der Waals surface area contributed by atoms with Gasteiger partial charge in [-0.25, -0.2) is 13.1 Å². The average Bonchev–Trinajstić information content (AvgIpc) is 3.11. The molecule has 0 aromatic heterocycles. The summed E-state index contributed by atoms with van der Waals surface area (Å²) in [4.78, 5) is 0.157. The van der Waals surface area contributed by atoms with E-state index in [4.69, 9.17) is 16.3 Å². The molecule has 0 radical (unpaired) electrons. The maximum Gasteiger partial charge on any atom is 0.244 e. The van der Waals surface area contributed by atoms with E-state index in [1.807, 2.05) is 0 Å². The predicted octanol–water partition coefficient (Wildman–Crippen LogP) is 1.87. The van der Waals surface area contributed by atoms with Crippen molar-refractivity contribution in [1.29, 1.82) is 0 Å². The molecule has 0 heterocycles. The van der Waals surface area contributed by atoms with Crippen LogP contribution in [-0.4, -0.2) is 21.6 Å². The molecule has 2 rings (SSSR count). The van der Waals surface area contributed by atoms with Gasteiger partial charge < -0.3 is 4.74 Å². The van der Waals surface area contributed by atoms with E-state index in [0.29, 0.717) is 5.75 Å². The molecular formula is C11H14ClNO3S. The third-order valence-electron chi connectivity index (χ3n) is 2.57. The standard InChI is InChI=1S/C11H14ClNO3S/c1-16-10-5-2-8(7-12)6-11(10)17(14,15)13-9-3-4-9/h2,5-6,9,13H,3-4,7H2,1H3. The Kier molecular flexibility index (Phi) is 3.61. The van der Waals surface area contributed by atoms with E-state index in [1.165, 1.54) is 7.11 Å². The lowest BCUT2D eigenvalue weighted by Crippen LogP contribution is -2.26. The molecule has 1 fully saturated rings. The van der Waals surface area contributed by atoms with Gasteiger partial charge in [0.2, 0.25) is 10.0 Å². The Morgan fingerprint density at radius 3 is 2.71 bits per heavy atom. The van der Waals surface area contributed by atoms with Crippen LogP contribution in [0.2, 0.25) is 0 Å². The Balaban J connectivity index is 2.39. The van der Waals surface area contributed by atoms with Gasteiger partial charge in [0.1, 0.15) is 10.6 Å². The highest BCUT2D eigenvalue weighted by Crippen LogP contribution is 2.28. The number of rotatable bonds is 5. The van der Waals surface area contributed by atoms with Crippen LogP contribution in [0, 0.1) is 0 Å². The maximum atomic E-state index is 12.1. The van der Waals surface area contributed by atoms with Gasteiger partial charge in [-0.15, -0.1) is 11.6 Å². The molecule has 0 bridgehead atoms. The van der Waals surface area contributed by atoms with E-state index >= 15 is 0 Å². The lowest BCUT2D eigenvalue weighted by atomic mass is 10.2. The molecule has 1 aliphatic rings. The second kappa shape index (κ2) is 4.84. The van der Waals surface area contributed by atoms with Gasteiger partial charge >= 0.3 is 0 Å². The van der Waals surface area contributed by atoms with Crippen molar-refractivity contribution >= 4 is 21.6 Å². The van der Waals surface area contributed by atoms with Crippen molar-refractivity contribution in [1.82, 2.24) is 4.72 Å². The zero-order valence-electron chi connectivity index (χ0n) is 9.44. The molecule has 17 heavy (non-hydrogen) atoms. The summed E-state index contributed by atoms with van der Waals surface area (Å²) in [7, 11) is -2.06. The Morgan fingerprint density at radius 1 is 1.47 bits per heavy atom. The summed E-state index contributed by atoms with van der Waals surface area (Å²) in [6, 6.07) is 5.00. The van der Waals surface area contributed by atoms with Crippen LogP contribution in [0.5, 0.6) is 5.75 Å². The molecule has 0 atom stereocenters. The van der Waals surface area contributed by atoms with Gasteiger partial charge in [-0.1, -0.05) is 6.07 Å². The SMILES string of the molecule is COc1ccc(CCl)cc1S(=O)(=O)NC1CC1. The molecule has 1 N–H and O–H groups in total. The second-order valence-electron chi connectivity index (χ2n) is 4.01. The first-order chi connectivity index (χ1) is 8.06. The largest absolute Gasteiger partial charge is 0.495 e. The van der Waals surface area contributed by atoms with Crippen LogP contribution < -0.4 is 9.46 Å². The zero-order chi connectivity index (χ0) is 12.5. The first-order valence-electron chi connectivity index (χ1n) is 5.32. The van der Waals surface area contributed by atoms with Gasteiger partial charge in [0.15, 0.2) is 0 Å². The normalized spacial score (nSPS) is 15.9. The van der Waals surface area contributed by atoms with Crippen LogP contribution in [0.25, 0.3) is 0 Å². The van der Waals surface area contributed by atoms with Crippen LogP contribution in [0.3, 0.4) is 0 Å². The topological polar surface area (TPSA) is 55.4 Å². The summed E-state index contributed by atoms with van der Waals surface area (Å²) >= 11 is 5.71. The van der Waals surface area contributed by atoms with Crippen molar-refractivity contribution in [2.45, 2.75) is 29.7 Å². The molecule has 0 spiro atoms. The number of alkyl halides is 1. The van der Waals surface area contributed by atoms with Crippen LogP contribution in [0.15, 0.2) is 23.1 Å². The fourth-order valence-electron chi connectivity index (χ4n) is 1.50. The van der Waals surface area contributed by atoms with E-state index in [9.17, 15) is 8.42 Å². The zero-order valence-corrected chi connectivity index (χ0v) is 11.0. The highest BCUT2D eigenvalue weighted by atomic mass is 35.5. The van der Waals surface area contributed by atoms with Gasteiger partial charge in [-0.3, -0.25) is 0 Å². The lowest BCUT2D eigenvalue weighted by Gasteiger charge is -2.11. The fraction of sp³-hybridized carbons (Fsp3) is 0.455. The van der Waals surface area contributed by atoms with Gasteiger partial charge in [0, 0.05) is 11.9 Å². The minimum Gasteiger partial charge on any atom is -0.495 e. The van der Waals surface area contributed by atoms with Crippen molar-refractivity contribution in [3.8, 4) is 5.75 Å². The highest BCUT2D eigenvalue weighted by molar-refractivity contribution is 7.89. The number of nitrogens with one attached hydrogen (secondary N) is 1. The lowest BCUT2D eigenvalue weighted by molar-refractivity contribution is 0.402. The van der Waals surface area contributed by atoms with Crippen molar-refractivity contribution < 1.29 is 13.2 Å². The van der Waals surface area contributed by atoms with E-state index in [2.05, 4.69) is 4.72 Å². The molecule has 94 valence electrons. The van der Waals surface area contributed by atoms with Crippen LogP contribution in [0.1, 0.15) is 18.4 Å². The minimum atomic E-state index is -3.51. The van der Waals surface area contributed by atoms with Crippen LogP contribution >= 0.6 is 11.6 Å². The maximum absolute atomic E-state index is 12.1. The van der Waals surface area contributed by atoms with Gasteiger partial charge in [-0.2, -0.15) is 0 Å². The van der Waals surface area contributed by atoms with E-state index in [0.717, 1.165) is 18.4 Å². The molecule has 1 aromatic rings. The summed E-state index contributed by atoms with van der Waals surface area (Å²) in [5, 5.41) is 0. The number of hydrogen-bond donors (Lipinski definition) is 1. The number of ether oxygens (including phenoxy) is 1. The molecular weight excluding hydrogens is 262 g/mol. The number of sulfonamides is 1. The summed E-state index contributed by atoms with van der Waals surface area (Å²) in [5.74, 6) is 0.614. The van der Waals surface area contributed by atoms with Crippen molar-refractivity contribution in [3.05, 3.63) is 23.8 Å². The highest BCUT2D eigenvalue weighted by Gasteiger charge is 2.29. The second-order valence-corrected chi connectivity index (χ2v) is 5.96. The monoisotopic (exact) mass is 275 g/mol. The first kappa shape index (κ1) is 12.7. The Hall–Kier alpha value is -0.780. The Morgan fingerprint density at radius 2 is 2.18 bits per heavy atom. The molecule has 4 nitrogen and oxygen atoms in total. The third-order valence-corrected chi connectivity index (χ3v) is 4.42. The van der Waals surface area contributed by atoms with Gasteiger partial charge in [0.25, 0.3) is 0 Å². The summed E-state index contributed by atoms with van der Waals surface area (Å²) in [5.41, 5.74) is 0.753. The molecule has 1 aliphatic carbocycles. The van der Waals surface area contributed by atoms with E-state index in [-0.39, 0.29) is 16.8 Å². The summed E-state index contributed by atoms with van der Waals surface area (Å²) in [6.45, 7) is 0. The van der Waals surface area contributed by atoms with Crippen LogP contribution in [0.4, 0.5) is 0 Å². The number of hydrogen-bond acceptors (Lipinski definition) is 3. The molecule has 1 saturated carbocycles. The van der Waals surface area contributed by atoms with Gasteiger partial charge in [-0.05, 0) is 30.5 Å². The van der Waals surface area contributed by atoms with Crippen molar-refractivity contribution in [2.24, 2.45) is 0 Å². The van der Waals surface area contributed by atoms with Crippen molar-refractivity contribution in [3.63, 3.8) is 0 Å². The fourth-order valence-corrected chi connectivity index (χ4v) is 3.19. The first-order valence-corrected chi connectivity index (χ1v) is 7.34. The smallest absolute Gasteiger partial charge is 0.244 e. The number of methoxy groups -OCH3 is 1. The molecule has 1 aromatic carbocycles. The quantitative estimate of drug-likeness (QED) is 0.835. The van der Waals surface area contributed by atoms with Gasteiger partial charge in [0.05, 0.1) is 7.11 Å². The third kappa shape index (κ3) is 2.91.